The van der Waals surface area contributed by atoms with Gasteiger partial charge in [-0.2, -0.15) is 0 Å². The van der Waals surface area contributed by atoms with E-state index in [9.17, 15) is 0 Å². The maximum absolute atomic E-state index is 6.18. The van der Waals surface area contributed by atoms with Gasteiger partial charge in [0.15, 0.2) is 0 Å². The highest BCUT2D eigenvalue weighted by molar-refractivity contribution is 5.29. The maximum Gasteiger partial charge on any atom is 0.0521 e. The Balaban J connectivity index is 1.62. The van der Waals surface area contributed by atoms with Crippen LogP contribution in [0.5, 0.6) is 0 Å². The van der Waals surface area contributed by atoms with Gasteiger partial charge in [-0.1, -0.05) is 24.3 Å². The van der Waals surface area contributed by atoms with Gasteiger partial charge in [-0.15, -0.1) is 0 Å². The van der Waals surface area contributed by atoms with Gasteiger partial charge in [0.25, 0.3) is 0 Å². The summed E-state index contributed by atoms with van der Waals surface area (Å²) in [6.45, 7) is 4.97. The Morgan fingerprint density at radius 3 is 2.94 bits per heavy atom. The van der Waals surface area contributed by atoms with Crippen molar-refractivity contribution in [2.45, 2.75) is 25.4 Å². The van der Waals surface area contributed by atoms with Crippen LogP contribution in [0.4, 0.5) is 0 Å². The van der Waals surface area contributed by atoms with Crippen LogP contribution in [-0.4, -0.2) is 37.2 Å². The Bertz CT molecular complexity index is 407. The summed E-state index contributed by atoms with van der Waals surface area (Å²) in [6.07, 6.45) is 2.17. The zero-order valence-electron chi connectivity index (χ0n) is 10.8. The molecule has 0 bridgehead atoms. The average Bonchev–Trinajstić information content (AvgIpc) is 2.41. The number of nitrogens with two attached hydrogens (primary N) is 1. The fourth-order valence-corrected chi connectivity index (χ4v) is 3.04. The third-order valence-electron chi connectivity index (χ3n) is 4.24. The molecule has 3 nitrogen and oxygen atoms in total. The van der Waals surface area contributed by atoms with Crippen LogP contribution in [0.25, 0.3) is 0 Å². The quantitative estimate of drug-likeness (QED) is 0.857. The van der Waals surface area contributed by atoms with Gasteiger partial charge in [-0.3, -0.25) is 4.90 Å². The summed E-state index contributed by atoms with van der Waals surface area (Å²) in [5.74, 6) is 0.504. The van der Waals surface area contributed by atoms with Crippen LogP contribution in [0.2, 0.25) is 0 Å². The summed E-state index contributed by atoms with van der Waals surface area (Å²) in [5.41, 5.74) is 9.18. The largest absolute Gasteiger partial charge is 0.381 e. The minimum absolute atomic E-state index is 0.316. The smallest absolute Gasteiger partial charge is 0.0521 e. The Hall–Kier alpha value is -0.900. The van der Waals surface area contributed by atoms with E-state index >= 15 is 0 Å². The van der Waals surface area contributed by atoms with Crippen molar-refractivity contribution in [2.24, 2.45) is 11.7 Å². The van der Waals surface area contributed by atoms with E-state index in [1.54, 1.807) is 0 Å². The van der Waals surface area contributed by atoms with E-state index in [-0.39, 0.29) is 0 Å². The predicted octanol–water partition coefficient (Wildman–Crippen LogP) is 1.41. The van der Waals surface area contributed by atoms with Crippen LogP contribution in [0.1, 0.15) is 17.5 Å². The third kappa shape index (κ3) is 2.58. The van der Waals surface area contributed by atoms with E-state index in [0.29, 0.717) is 12.0 Å². The van der Waals surface area contributed by atoms with Gasteiger partial charge in [0, 0.05) is 38.2 Å². The first-order valence-corrected chi connectivity index (χ1v) is 6.95. The summed E-state index contributed by atoms with van der Waals surface area (Å²) in [4.78, 5) is 2.53. The molecule has 2 atom stereocenters. The molecule has 3 rings (SSSR count). The van der Waals surface area contributed by atoms with Gasteiger partial charge in [-0.25, -0.2) is 0 Å². The number of hydrogen-bond acceptors (Lipinski definition) is 3. The SMILES string of the molecule is NC1CCOCC1CN1CCc2ccccc2C1. The highest BCUT2D eigenvalue weighted by Crippen LogP contribution is 2.21. The molecule has 1 aromatic rings. The van der Waals surface area contributed by atoms with Crippen molar-refractivity contribution in [3.05, 3.63) is 35.4 Å². The lowest BCUT2D eigenvalue weighted by Gasteiger charge is -2.35. The lowest BCUT2D eigenvalue weighted by molar-refractivity contribution is 0.0241. The molecule has 2 aliphatic heterocycles. The summed E-state index contributed by atoms with van der Waals surface area (Å²) >= 11 is 0. The molecule has 1 aromatic carbocycles. The van der Waals surface area contributed by atoms with Crippen molar-refractivity contribution >= 4 is 0 Å². The number of fused-ring (bicyclic) bond motifs is 1. The minimum Gasteiger partial charge on any atom is -0.381 e. The first kappa shape index (κ1) is 12.2. The highest BCUT2D eigenvalue weighted by Gasteiger charge is 2.26. The number of nitrogens with zero attached hydrogens (tertiary/aromatic N) is 1. The van der Waals surface area contributed by atoms with Crippen molar-refractivity contribution in [3.63, 3.8) is 0 Å². The van der Waals surface area contributed by atoms with E-state index < -0.39 is 0 Å². The van der Waals surface area contributed by atoms with Crippen molar-refractivity contribution < 1.29 is 4.74 Å². The third-order valence-corrected chi connectivity index (χ3v) is 4.24. The molecule has 1 fully saturated rings. The van der Waals surface area contributed by atoms with Gasteiger partial charge >= 0.3 is 0 Å². The topological polar surface area (TPSA) is 38.5 Å². The van der Waals surface area contributed by atoms with Crippen LogP contribution < -0.4 is 5.73 Å². The molecule has 98 valence electrons. The molecule has 2 heterocycles. The van der Waals surface area contributed by atoms with Gasteiger partial charge in [0.2, 0.25) is 0 Å². The number of ether oxygens (including phenoxy) is 1. The molecule has 0 radical (unpaired) electrons. The Labute approximate surface area is 109 Å². The lowest BCUT2D eigenvalue weighted by atomic mass is 9.94. The van der Waals surface area contributed by atoms with Crippen molar-refractivity contribution in [2.75, 3.05) is 26.3 Å². The van der Waals surface area contributed by atoms with E-state index in [0.717, 1.165) is 39.3 Å². The van der Waals surface area contributed by atoms with Crippen LogP contribution in [-0.2, 0) is 17.7 Å². The normalized spacial score (nSPS) is 28.9. The molecule has 2 unspecified atom stereocenters. The summed E-state index contributed by atoms with van der Waals surface area (Å²) in [7, 11) is 0. The van der Waals surface area contributed by atoms with Crippen LogP contribution in [0.3, 0.4) is 0 Å². The van der Waals surface area contributed by atoms with Crippen molar-refractivity contribution in [1.82, 2.24) is 4.90 Å². The summed E-state index contributed by atoms with van der Waals surface area (Å²) in [6, 6.07) is 9.09. The average molecular weight is 246 g/mol. The van der Waals surface area contributed by atoms with Gasteiger partial charge < -0.3 is 10.5 Å². The van der Waals surface area contributed by atoms with Crippen LogP contribution in [0.15, 0.2) is 24.3 Å². The molecule has 0 spiro atoms. The molecule has 0 saturated carbocycles. The molecule has 3 heteroatoms. The minimum atomic E-state index is 0.316. The summed E-state index contributed by atoms with van der Waals surface area (Å²) < 4.78 is 5.56. The maximum atomic E-state index is 6.18. The molecular formula is C15H22N2O. The molecule has 0 amide bonds. The molecule has 18 heavy (non-hydrogen) atoms. The molecule has 1 saturated heterocycles. The fraction of sp³-hybridized carbons (Fsp3) is 0.600. The zero-order valence-corrected chi connectivity index (χ0v) is 10.8. The number of benzene rings is 1. The second-order valence-electron chi connectivity index (χ2n) is 5.54. The fourth-order valence-electron chi connectivity index (χ4n) is 3.04. The number of rotatable bonds is 2. The Morgan fingerprint density at radius 1 is 1.28 bits per heavy atom. The first-order valence-electron chi connectivity index (χ1n) is 6.95. The zero-order chi connectivity index (χ0) is 12.4. The molecular weight excluding hydrogens is 224 g/mol. The predicted molar refractivity (Wildman–Crippen MR) is 72.3 cm³/mol. The highest BCUT2D eigenvalue weighted by atomic mass is 16.5. The Morgan fingerprint density at radius 2 is 2.11 bits per heavy atom. The van der Waals surface area contributed by atoms with E-state index in [1.165, 1.54) is 17.5 Å². The van der Waals surface area contributed by atoms with Crippen LogP contribution in [0, 0.1) is 5.92 Å². The Kier molecular flexibility index (Phi) is 3.64. The van der Waals surface area contributed by atoms with Gasteiger partial charge in [-0.05, 0) is 24.0 Å². The lowest BCUT2D eigenvalue weighted by Crippen LogP contribution is -2.46. The van der Waals surface area contributed by atoms with Gasteiger partial charge in [0.05, 0.1) is 6.61 Å². The van der Waals surface area contributed by atoms with E-state index in [4.69, 9.17) is 10.5 Å². The van der Waals surface area contributed by atoms with E-state index in [2.05, 4.69) is 29.2 Å². The summed E-state index contributed by atoms with van der Waals surface area (Å²) in [5, 5.41) is 0. The molecule has 2 N–H and O–H groups in total. The van der Waals surface area contributed by atoms with Crippen molar-refractivity contribution in [3.8, 4) is 0 Å². The van der Waals surface area contributed by atoms with Gasteiger partial charge in [0.1, 0.15) is 0 Å². The molecule has 0 aliphatic carbocycles. The number of hydrogen-bond donors (Lipinski definition) is 1. The molecule has 2 aliphatic rings. The monoisotopic (exact) mass is 246 g/mol. The second-order valence-corrected chi connectivity index (χ2v) is 5.54. The molecule has 0 aromatic heterocycles. The second kappa shape index (κ2) is 5.39. The van der Waals surface area contributed by atoms with Crippen LogP contribution >= 0.6 is 0 Å². The standard InChI is InChI=1S/C15H22N2O/c16-15-6-8-18-11-14(15)10-17-7-5-12-3-1-2-4-13(12)9-17/h1-4,14-15H,5-11,16H2. The first-order chi connectivity index (χ1) is 8.83. The van der Waals surface area contributed by atoms with Crippen molar-refractivity contribution in [1.29, 1.82) is 0 Å². The van der Waals surface area contributed by atoms with E-state index in [1.807, 2.05) is 0 Å².